The minimum Gasteiger partial charge on any atom is -0.475 e. The monoisotopic (exact) mass is 428 g/mol. The van der Waals surface area contributed by atoms with E-state index in [1.54, 1.807) is 6.33 Å². The number of nitrogen functional groups attached to an aromatic ring is 3. The number of hydrogen-bond acceptors (Lipinski definition) is 10. The van der Waals surface area contributed by atoms with Crippen LogP contribution in [0.15, 0.2) is 18.5 Å². The van der Waals surface area contributed by atoms with E-state index in [1.165, 1.54) is 0 Å². The van der Waals surface area contributed by atoms with Crippen molar-refractivity contribution in [3.05, 3.63) is 23.6 Å². The summed E-state index contributed by atoms with van der Waals surface area (Å²) in [6.45, 7) is 0.377. The molecule has 0 bridgehead atoms. The van der Waals surface area contributed by atoms with E-state index in [0.717, 1.165) is 24.8 Å². The van der Waals surface area contributed by atoms with E-state index in [2.05, 4.69) is 42.4 Å². The van der Waals surface area contributed by atoms with E-state index >= 15 is 0 Å². The summed E-state index contributed by atoms with van der Waals surface area (Å²) in [5.41, 5.74) is 19.0. The van der Waals surface area contributed by atoms with Crippen LogP contribution in [0, 0.1) is 5.92 Å². The molecule has 0 aliphatic heterocycles. The first-order valence-electron chi connectivity index (χ1n) is 9.64. The third-order valence-electron chi connectivity index (χ3n) is 5.18. The van der Waals surface area contributed by atoms with Crippen LogP contribution in [0.25, 0.3) is 11.2 Å². The van der Waals surface area contributed by atoms with Crippen LogP contribution in [0.1, 0.15) is 25.3 Å². The molecule has 1 fully saturated rings. The van der Waals surface area contributed by atoms with Gasteiger partial charge in [0.05, 0.1) is 19.0 Å². The van der Waals surface area contributed by atoms with Crippen molar-refractivity contribution >= 4 is 46.2 Å². The van der Waals surface area contributed by atoms with Gasteiger partial charge < -0.3 is 31.8 Å². The average molecular weight is 429 g/mol. The molecule has 3 aromatic rings. The van der Waals surface area contributed by atoms with Gasteiger partial charge in [0.2, 0.25) is 17.8 Å². The first-order chi connectivity index (χ1) is 14.5. The zero-order chi connectivity index (χ0) is 20.8. The zero-order valence-corrected chi connectivity index (χ0v) is 16.8. The molecule has 30 heavy (non-hydrogen) atoms. The summed E-state index contributed by atoms with van der Waals surface area (Å²) < 4.78 is 7.76. The van der Waals surface area contributed by atoms with Crippen molar-refractivity contribution in [1.82, 2.24) is 29.5 Å². The first kappa shape index (κ1) is 18.7. The van der Waals surface area contributed by atoms with Crippen LogP contribution in [-0.2, 0) is 0 Å². The molecule has 5 rings (SSSR count). The van der Waals surface area contributed by atoms with Gasteiger partial charge in [-0.3, -0.25) is 0 Å². The van der Waals surface area contributed by atoms with E-state index in [1.807, 2.05) is 4.57 Å². The summed E-state index contributed by atoms with van der Waals surface area (Å²) in [4.78, 5) is 21.1. The third-order valence-corrected chi connectivity index (χ3v) is 5.47. The van der Waals surface area contributed by atoms with Gasteiger partial charge in [-0.2, -0.15) is 19.9 Å². The highest BCUT2D eigenvalue weighted by Gasteiger charge is 2.27. The quantitative estimate of drug-likeness (QED) is 0.335. The second-order valence-electron chi connectivity index (χ2n) is 7.52. The molecule has 2 aliphatic carbocycles. The highest BCUT2D eigenvalue weighted by atomic mass is 35.5. The van der Waals surface area contributed by atoms with Crippen LogP contribution in [0.5, 0.6) is 5.88 Å². The highest BCUT2D eigenvalue weighted by Crippen LogP contribution is 2.34. The van der Waals surface area contributed by atoms with E-state index < -0.39 is 0 Å². The lowest BCUT2D eigenvalue weighted by molar-refractivity contribution is 0.259. The second-order valence-corrected chi connectivity index (χ2v) is 7.88. The normalized spacial score (nSPS) is 20.7. The van der Waals surface area contributed by atoms with Gasteiger partial charge in [0.1, 0.15) is 5.69 Å². The van der Waals surface area contributed by atoms with Crippen molar-refractivity contribution in [2.75, 3.05) is 29.1 Å². The summed E-state index contributed by atoms with van der Waals surface area (Å²) in [6, 6.07) is 0.514. The van der Waals surface area contributed by atoms with E-state index in [4.69, 9.17) is 33.5 Å². The van der Waals surface area contributed by atoms with E-state index in [0.29, 0.717) is 24.1 Å². The predicted octanol–water partition coefficient (Wildman–Crippen LogP) is 1.79. The molecular weight excluding hydrogens is 408 g/mol. The van der Waals surface area contributed by atoms with E-state index in [9.17, 15) is 0 Å². The minimum atomic E-state index is 0.0156. The Hall–Kier alpha value is -3.34. The van der Waals surface area contributed by atoms with Crippen molar-refractivity contribution in [1.29, 1.82) is 0 Å². The Morgan fingerprint density at radius 1 is 1.10 bits per heavy atom. The predicted molar refractivity (Wildman–Crippen MR) is 114 cm³/mol. The fourth-order valence-electron chi connectivity index (χ4n) is 3.51. The molecule has 0 aromatic carbocycles. The van der Waals surface area contributed by atoms with Crippen molar-refractivity contribution in [2.45, 2.75) is 31.3 Å². The molecule has 11 nitrogen and oxygen atoms in total. The average Bonchev–Trinajstić information content (AvgIpc) is 3.22. The SMILES string of the molecule is Nc1nc(Cl)c(N)c(OCC2C=CC(n3cnc4c(NC5CC5)nc(N)nc43)C2)n1. The maximum Gasteiger partial charge on any atom is 0.243 e. The van der Waals surface area contributed by atoms with Crippen LogP contribution in [0.4, 0.5) is 23.4 Å². The maximum atomic E-state index is 5.94. The van der Waals surface area contributed by atoms with Gasteiger partial charge in [-0.25, -0.2) is 4.98 Å². The van der Waals surface area contributed by atoms with Gasteiger partial charge in [0.25, 0.3) is 0 Å². The molecule has 2 atom stereocenters. The van der Waals surface area contributed by atoms with Crippen LogP contribution < -0.4 is 27.3 Å². The Balaban J connectivity index is 1.31. The topological polar surface area (TPSA) is 169 Å². The summed E-state index contributed by atoms with van der Waals surface area (Å²) in [7, 11) is 0. The molecule has 3 heterocycles. The fraction of sp³-hybridized carbons (Fsp3) is 0.389. The molecule has 2 unspecified atom stereocenters. The second kappa shape index (κ2) is 7.17. The Morgan fingerprint density at radius 3 is 2.70 bits per heavy atom. The summed E-state index contributed by atoms with van der Waals surface area (Å²) in [5, 5.41) is 3.45. The first-order valence-corrected chi connectivity index (χ1v) is 10.0. The fourth-order valence-corrected chi connectivity index (χ4v) is 3.68. The van der Waals surface area contributed by atoms with Crippen LogP contribution >= 0.6 is 11.6 Å². The van der Waals surface area contributed by atoms with Gasteiger partial charge in [-0.05, 0) is 19.3 Å². The standard InChI is InChI=1S/C18H21ClN10O/c19-13-11(20)16(28-17(21)25-13)30-6-8-1-4-10(5-8)29-7-23-12-14(24-9-2-3-9)26-18(22)27-15(12)29/h1,4,7-10H,2-3,5-6,20H2,(H2,21,25,28)(H3,22,24,26,27). The Labute approximate surface area is 176 Å². The Kier molecular flexibility index (Phi) is 4.46. The van der Waals surface area contributed by atoms with Gasteiger partial charge >= 0.3 is 0 Å². The molecule has 0 radical (unpaired) electrons. The molecule has 0 saturated heterocycles. The molecule has 12 heteroatoms. The number of ether oxygens (including phenoxy) is 1. The number of nitrogens with one attached hydrogen (secondary N) is 1. The van der Waals surface area contributed by atoms with Crippen LogP contribution in [0.3, 0.4) is 0 Å². The van der Waals surface area contributed by atoms with Crippen molar-refractivity contribution < 1.29 is 4.74 Å². The zero-order valence-electron chi connectivity index (χ0n) is 16.0. The smallest absolute Gasteiger partial charge is 0.243 e. The molecule has 0 amide bonds. The lowest BCUT2D eigenvalue weighted by Gasteiger charge is -2.15. The lowest BCUT2D eigenvalue weighted by atomic mass is 10.1. The maximum absolute atomic E-state index is 5.94. The Bertz CT molecular complexity index is 1140. The molecule has 1 saturated carbocycles. The number of nitrogens with two attached hydrogens (primary N) is 3. The lowest BCUT2D eigenvalue weighted by Crippen LogP contribution is -2.14. The molecule has 3 aromatic heterocycles. The van der Waals surface area contributed by atoms with Gasteiger partial charge in [-0.1, -0.05) is 23.8 Å². The number of anilines is 4. The summed E-state index contributed by atoms with van der Waals surface area (Å²) >= 11 is 5.93. The highest BCUT2D eigenvalue weighted by molar-refractivity contribution is 6.32. The number of imidazole rings is 1. The third kappa shape index (κ3) is 3.52. The molecule has 156 valence electrons. The number of aromatic nitrogens is 6. The summed E-state index contributed by atoms with van der Waals surface area (Å²) in [6.07, 6.45) is 9.03. The minimum absolute atomic E-state index is 0.0156. The number of hydrogen-bond donors (Lipinski definition) is 4. The molecule has 2 aliphatic rings. The largest absolute Gasteiger partial charge is 0.475 e. The molecule has 0 spiro atoms. The molecule has 7 N–H and O–H groups in total. The van der Waals surface area contributed by atoms with Gasteiger partial charge in [0.15, 0.2) is 22.1 Å². The number of rotatable bonds is 6. The molecular formula is C18H21ClN10O. The van der Waals surface area contributed by atoms with E-state index in [-0.39, 0.29) is 40.6 Å². The van der Waals surface area contributed by atoms with Crippen molar-refractivity contribution in [3.63, 3.8) is 0 Å². The number of nitrogens with zero attached hydrogens (tertiary/aromatic N) is 6. The number of fused-ring (bicyclic) bond motifs is 1. The Morgan fingerprint density at radius 2 is 1.90 bits per heavy atom. The number of allylic oxidation sites excluding steroid dienone is 1. The van der Waals surface area contributed by atoms with Gasteiger partial charge in [-0.15, -0.1) is 0 Å². The summed E-state index contributed by atoms with van der Waals surface area (Å²) in [5.74, 6) is 1.26. The van der Waals surface area contributed by atoms with Gasteiger partial charge in [0, 0.05) is 12.0 Å². The van der Waals surface area contributed by atoms with Crippen LogP contribution in [0.2, 0.25) is 5.15 Å². The van der Waals surface area contributed by atoms with Crippen molar-refractivity contribution in [2.24, 2.45) is 5.92 Å². The van der Waals surface area contributed by atoms with Crippen molar-refractivity contribution in [3.8, 4) is 5.88 Å². The number of halogens is 1. The van der Waals surface area contributed by atoms with Crippen LogP contribution in [-0.4, -0.2) is 42.1 Å².